The summed E-state index contributed by atoms with van der Waals surface area (Å²) in [5, 5.41) is 2.62. The number of carbonyl (C=O) groups excluding carboxylic acids is 2. The molecule has 0 spiro atoms. The maximum Gasteiger partial charge on any atom is 0.311 e. The number of ether oxygens (including phenoxy) is 1. The van der Waals surface area contributed by atoms with E-state index in [9.17, 15) is 9.59 Å². The molecule has 0 saturated heterocycles. The van der Waals surface area contributed by atoms with Crippen LogP contribution in [0.25, 0.3) is 0 Å². The van der Waals surface area contributed by atoms with Crippen LogP contribution >= 0.6 is 0 Å². The van der Waals surface area contributed by atoms with Gasteiger partial charge >= 0.3 is 5.97 Å². The number of anilines is 1. The Labute approximate surface area is 119 Å². The fourth-order valence-corrected chi connectivity index (χ4v) is 1.68. The summed E-state index contributed by atoms with van der Waals surface area (Å²) in [5.41, 5.74) is 0.637. The molecule has 1 aromatic carbocycles. The van der Waals surface area contributed by atoms with Gasteiger partial charge in [0.1, 0.15) is 5.75 Å². The van der Waals surface area contributed by atoms with Crippen molar-refractivity contribution in [1.82, 2.24) is 0 Å². The van der Waals surface area contributed by atoms with E-state index >= 15 is 0 Å². The molecular weight excluding hydrogens is 254 g/mol. The number of hydrogen-bond acceptors (Lipinski definition) is 3. The lowest BCUT2D eigenvalue weighted by Crippen LogP contribution is -2.09. The monoisotopic (exact) mass is 275 g/mol. The highest BCUT2D eigenvalue weighted by Crippen LogP contribution is 2.16. The largest absolute Gasteiger partial charge is 0.427 e. The number of carbonyl (C=O) groups is 2. The Kier molecular flexibility index (Phi) is 7.11. The molecule has 0 radical (unpaired) electrons. The zero-order valence-corrected chi connectivity index (χ0v) is 11.9. The van der Waals surface area contributed by atoms with Crippen molar-refractivity contribution in [2.45, 2.75) is 39.0 Å². The second-order valence-electron chi connectivity index (χ2n) is 4.50. The summed E-state index contributed by atoms with van der Waals surface area (Å²) in [6.45, 7) is 5.50. The van der Waals surface area contributed by atoms with Gasteiger partial charge in [0.25, 0.3) is 0 Å². The van der Waals surface area contributed by atoms with E-state index in [-0.39, 0.29) is 11.9 Å². The summed E-state index contributed by atoms with van der Waals surface area (Å²) in [5.74, 6) is -0.00302. The smallest absolute Gasteiger partial charge is 0.311 e. The number of esters is 1. The van der Waals surface area contributed by atoms with Crippen LogP contribution in [0, 0.1) is 0 Å². The summed E-state index contributed by atoms with van der Waals surface area (Å²) < 4.78 is 5.21. The number of nitrogens with one attached hydrogen (secondary N) is 1. The van der Waals surface area contributed by atoms with Crippen molar-refractivity contribution < 1.29 is 14.3 Å². The number of unbranched alkanes of at least 4 members (excludes halogenated alkanes) is 3. The Morgan fingerprint density at radius 2 is 1.90 bits per heavy atom. The predicted octanol–water partition coefficient (Wildman–Crippen LogP) is 3.69. The molecule has 108 valence electrons. The first-order valence-electron chi connectivity index (χ1n) is 6.90. The van der Waals surface area contributed by atoms with Gasteiger partial charge in [0, 0.05) is 12.1 Å². The van der Waals surface area contributed by atoms with Crippen LogP contribution < -0.4 is 10.1 Å². The first kappa shape index (κ1) is 16.0. The van der Waals surface area contributed by atoms with Crippen molar-refractivity contribution >= 4 is 17.6 Å². The van der Waals surface area contributed by atoms with Gasteiger partial charge in [0.2, 0.25) is 5.91 Å². The highest BCUT2D eigenvalue weighted by Gasteiger charge is 2.05. The van der Waals surface area contributed by atoms with Crippen molar-refractivity contribution in [2.24, 2.45) is 0 Å². The predicted molar refractivity (Wildman–Crippen MR) is 79.7 cm³/mol. The third-order valence-electron chi connectivity index (χ3n) is 2.77. The van der Waals surface area contributed by atoms with Gasteiger partial charge in [-0.1, -0.05) is 32.8 Å². The summed E-state index contributed by atoms with van der Waals surface area (Å²) in [4.78, 5) is 22.7. The van der Waals surface area contributed by atoms with E-state index in [1.807, 2.05) is 0 Å². The van der Waals surface area contributed by atoms with Crippen LogP contribution in [0.1, 0.15) is 39.0 Å². The molecule has 0 unspecified atom stereocenters. The van der Waals surface area contributed by atoms with Crippen molar-refractivity contribution in [3.8, 4) is 5.75 Å². The van der Waals surface area contributed by atoms with Crippen molar-refractivity contribution in [3.05, 3.63) is 36.9 Å². The molecule has 0 bridgehead atoms. The van der Waals surface area contributed by atoms with E-state index in [0.717, 1.165) is 25.7 Å². The fourth-order valence-electron chi connectivity index (χ4n) is 1.68. The number of rotatable bonds is 8. The molecule has 0 fully saturated rings. The zero-order chi connectivity index (χ0) is 14.8. The normalized spacial score (nSPS) is 9.85. The zero-order valence-electron chi connectivity index (χ0n) is 11.9. The lowest BCUT2D eigenvalue weighted by Gasteiger charge is -2.06. The molecule has 1 rings (SSSR count). The minimum Gasteiger partial charge on any atom is -0.427 e. The quantitative estimate of drug-likeness (QED) is 0.341. The summed E-state index contributed by atoms with van der Waals surface area (Å²) in [6, 6.07) is 6.67. The van der Waals surface area contributed by atoms with Crippen LogP contribution in [0.15, 0.2) is 36.9 Å². The van der Waals surface area contributed by atoms with Crippen LogP contribution in [0.3, 0.4) is 0 Å². The topological polar surface area (TPSA) is 55.4 Å². The van der Waals surface area contributed by atoms with Crippen LogP contribution in [0.5, 0.6) is 5.75 Å². The number of hydrogen-bond donors (Lipinski definition) is 1. The molecule has 0 aromatic heterocycles. The maximum absolute atomic E-state index is 11.6. The Morgan fingerprint density at radius 3 is 2.50 bits per heavy atom. The van der Waals surface area contributed by atoms with Gasteiger partial charge in [-0.25, -0.2) is 0 Å². The van der Waals surface area contributed by atoms with E-state index in [2.05, 4.69) is 18.8 Å². The van der Waals surface area contributed by atoms with Crippen LogP contribution in [0.4, 0.5) is 5.69 Å². The van der Waals surface area contributed by atoms with Gasteiger partial charge in [-0.3, -0.25) is 9.59 Å². The second kappa shape index (κ2) is 8.91. The lowest BCUT2D eigenvalue weighted by molar-refractivity contribution is -0.134. The summed E-state index contributed by atoms with van der Waals surface area (Å²) >= 11 is 0. The molecule has 4 nitrogen and oxygen atoms in total. The minimum atomic E-state index is -0.273. The Morgan fingerprint density at radius 1 is 1.20 bits per heavy atom. The third-order valence-corrected chi connectivity index (χ3v) is 2.77. The van der Waals surface area contributed by atoms with Gasteiger partial charge in [-0.15, -0.1) is 0 Å². The third kappa shape index (κ3) is 6.18. The second-order valence-corrected chi connectivity index (χ2v) is 4.50. The fraction of sp³-hybridized carbons (Fsp3) is 0.375. The van der Waals surface area contributed by atoms with E-state index < -0.39 is 0 Å². The van der Waals surface area contributed by atoms with Gasteiger partial charge < -0.3 is 10.1 Å². The van der Waals surface area contributed by atoms with Crippen LogP contribution in [-0.2, 0) is 9.59 Å². The van der Waals surface area contributed by atoms with E-state index in [4.69, 9.17) is 4.74 Å². The Hall–Kier alpha value is -2.10. The molecule has 0 aliphatic heterocycles. The molecular formula is C16H21NO3. The Bertz CT molecular complexity index is 451. The van der Waals surface area contributed by atoms with E-state index in [1.165, 1.54) is 6.08 Å². The maximum atomic E-state index is 11.6. The van der Waals surface area contributed by atoms with E-state index in [1.54, 1.807) is 24.3 Å². The van der Waals surface area contributed by atoms with Gasteiger partial charge in [0.15, 0.2) is 0 Å². The van der Waals surface area contributed by atoms with Gasteiger partial charge in [0.05, 0.1) is 0 Å². The first-order valence-corrected chi connectivity index (χ1v) is 6.90. The highest BCUT2D eigenvalue weighted by molar-refractivity contribution is 5.98. The van der Waals surface area contributed by atoms with Crippen LogP contribution in [0.2, 0.25) is 0 Å². The Balaban J connectivity index is 2.38. The molecule has 0 heterocycles. The molecule has 0 aliphatic rings. The average Bonchev–Trinajstić information content (AvgIpc) is 2.45. The number of benzene rings is 1. The summed E-state index contributed by atoms with van der Waals surface area (Å²) in [7, 11) is 0. The molecule has 4 heteroatoms. The molecule has 1 N–H and O–H groups in total. The van der Waals surface area contributed by atoms with E-state index in [0.29, 0.717) is 17.9 Å². The van der Waals surface area contributed by atoms with Crippen molar-refractivity contribution in [2.75, 3.05) is 5.32 Å². The average molecular weight is 275 g/mol. The molecule has 0 atom stereocenters. The lowest BCUT2D eigenvalue weighted by atomic mass is 10.1. The van der Waals surface area contributed by atoms with Crippen molar-refractivity contribution in [3.63, 3.8) is 0 Å². The van der Waals surface area contributed by atoms with Crippen LogP contribution in [-0.4, -0.2) is 11.9 Å². The SMILES string of the molecule is C=CC(=O)Nc1ccc(OC(=O)CCCCCC)cc1. The molecule has 20 heavy (non-hydrogen) atoms. The molecule has 0 saturated carbocycles. The van der Waals surface area contributed by atoms with Crippen molar-refractivity contribution in [1.29, 1.82) is 0 Å². The van der Waals surface area contributed by atoms with Gasteiger partial charge in [-0.05, 0) is 36.8 Å². The molecule has 1 aromatic rings. The summed E-state index contributed by atoms with van der Waals surface area (Å²) in [6.07, 6.45) is 5.84. The number of amides is 1. The first-order chi connectivity index (χ1) is 9.65. The standard InChI is InChI=1S/C16H21NO3/c1-3-5-6-7-8-16(19)20-14-11-9-13(10-12-14)17-15(18)4-2/h4,9-12H,2-3,5-8H2,1H3,(H,17,18). The van der Waals surface area contributed by atoms with Gasteiger partial charge in [-0.2, -0.15) is 0 Å². The molecule has 0 aliphatic carbocycles. The minimum absolute atomic E-state index is 0.219. The molecule has 1 amide bonds. The highest BCUT2D eigenvalue weighted by atomic mass is 16.5.